The number of aromatic nitrogens is 2. The van der Waals surface area contributed by atoms with Gasteiger partial charge in [0.25, 0.3) is 5.91 Å². The summed E-state index contributed by atoms with van der Waals surface area (Å²) in [5.41, 5.74) is 2.88. The largest absolute Gasteiger partial charge is 0.326 e. The van der Waals surface area contributed by atoms with Gasteiger partial charge in [-0.05, 0) is 41.8 Å². The third-order valence-corrected chi connectivity index (χ3v) is 5.46. The summed E-state index contributed by atoms with van der Waals surface area (Å²) in [6.45, 7) is 1.42. The number of nitrogens with one attached hydrogen (secondary N) is 2. The lowest BCUT2D eigenvalue weighted by atomic mass is 10.2. The molecular formula is C22H17ClN4O2S. The third-order valence-electron chi connectivity index (χ3n) is 4.27. The van der Waals surface area contributed by atoms with E-state index in [9.17, 15) is 9.59 Å². The maximum absolute atomic E-state index is 13.1. The molecule has 2 aromatic carbocycles. The highest BCUT2D eigenvalue weighted by Crippen LogP contribution is 2.30. The summed E-state index contributed by atoms with van der Waals surface area (Å²) in [6, 6.07) is 18.4. The summed E-state index contributed by atoms with van der Waals surface area (Å²) >= 11 is 7.81. The highest BCUT2D eigenvalue weighted by molar-refractivity contribution is 7.13. The molecule has 2 aromatic heterocycles. The van der Waals surface area contributed by atoms with E-state index in [2.05, 4.69) is 15.7 Å². The monoisotopic (exact) mass is 436 g/mol. The normalized spacial score (nSPS) is 10.6. The second-order valence-corrected chi connectivity index (χ2v) is 7.83. The van der Waals surface area contributed by atoms with Crippen LogP contribution >= 0.6 is 22.9 Å². The Labute approximate surface area is 182 Å². The molecule has 150 valence electrons. The topological polar surface area (TPSA) is 76.0 Å². The molecule has 0 fully saturated rings. The van der Waals surface area contributed by atoms with Gasteiger partial charge in [0.15, 0.2) is 0 Å². The predicted molar refractivity (Wildman–Crippen MR) is 121 cm³/mol. The van der Waals surface area contributed by atoms with Crippen molar-refractivity contribution in [2.45, 2.75) is 6.92 Å². The SMILES string of the molecule is CC(=O)Nc1ccc(NC(=O)c2cn(-c3ccccc3)nc2-c2cccs2)c(Cl)c1. The number of rotatable bonds is 5. The van der Waals surface area contributed by atoms with E-state index in [0.717, 1.165) is 10.6 Å². The molecule has 0 spiro atoms. The Hall–Kier alpha value is -3.42. The van der Waals surface area contributed by atoms with E-state index in [-0.39, 0.29) is 11.8 Å². The molecule has 0 bridgehead atoms. The summed E-state index contributed by atoms with van der Waals surface area (Å²) < 4.78 is 1.69. The zero-order valence-corrected chi connectivity index (χ0v) is 17.5. The van der Waals surface area contributed by atoms with Gasteiger partial charge < -0.3 is 10.6 Å². The van der Waals surface area contributed by atoms with Crippen molar-refractivity contribution in [3.63, 3.8) is 0 Å². The van der Waals surface area contributed by atoms with Crippen LogP contribution in [0.15, 0.2) is 72.2 Å². The summed E-state index contributed by atoms with van der Waals surface area (Å²) in [4.78, 5) is 25.2. The molecule has 0 radical (unpaired) electrons. The lowest BCUT2D eigenvalue weighted by Crippen LogP contribution is -2.13. The van der Waals surface area contributed by atoms with Crippen molar-refractivity contribution < 1.29 is 9.59 Å². The quantitative estimate of drug-likeness (QED) is 0.436. The van der Waals surface area contributed by atoms with Gasteiger partial charge in [-0.2, -0.15) is 5.10 Å². The minimum absolute atomic E-state index is 0.197. The van der Waals surface area contributed by atoms with Gasteiger partial charge in [0.2, 0.25) is 5.91 Å². The van der Waals surface area contributed by atoms with Crippen LogP contribution in [0.4, 0.5) is 11.4 Å². The number of carbonyl (C=O) groups excluding carboxylic acids is 2. The number of amides is 2. The fourth-order valence-corrected chi connectivity index (χ4v) is 3.89. The molecule has 2 amide bonds. The van der Waals surface area contributed by atoms with E-state index < -0.39 is 0 Å². The van der Waals surface area contributed by atoms with Gasteiger partial charge in [-0.1, -0.05) is 35.9 Å². The van der Waals surface area contributed by atoms with Gasteiger partial charge in [0, 0.05) is 18.8 Å². The number of carbonyl (C=O) groups is 2. The Morgan fingerprint density at radius 2 is 1.83 bits per heavy atom. The van der Waals surface area contributed by atoms with E-state index in [1.165, 1.54) is 18.3 Å². The third kappa shape index (κ3) is 4.27. The number of halogens is 1. The van der Waals surface area contributed by atoms with Gasteiger partial charge in [-0.25, -0.2) is 4.68 Å². The minimum atomic E-state index is -0.324. The molecule has 30 heavy (non-hydrogen) atoms. The second-order valence-electron chi connectivity index (χ2n) is 6.48. The number of anilines is 2. The molecule has 2 heterocycles. The first-order chi connectivity index (χ1) is 14.5. The maximum atomic E-state index is 13.1. The van der Waals surface area contributed by atoms with Crippen LogP contribution in [0.5, 0.6) is 0 Å². The molecule has 0 aliphatic heterocycles. The molecule has 0 aliphatic rings. The van der Waals surface area contributed by atoms with Gasteiger partial charge >= 0.3 is 0 Å². The molecular weight excluding hydrogens is 420 g/mol. The summed E-state index contributed by atoms with van der Waals surface area (Å²) in [6.07, 6.45) is 1.71. The first-order valence-electron chi connectivity index (χ1n) is 9.09. The number of thiophene rings is 1. The summed E-state index contributed by atoms with van der Waals surface area (Å²) in [5, 5.41) is 12.4. The number of benzene rings is 2. The number of nitrogens with zero attached hydrogens (tertiary/aromatic N) is 2. The molecule has 8 heteroatoms. The fourth-order valence-electron chi connectivity index (χ4n) is 2.94. The van der Waals surface area contributed by atoms with Crippen molar-refractivity contribution in [3.05, 3.63) is 82.8 Å². The van der Waals surface area contributed by atoms with Crippen LogP contribution < -0.4 is 10.6 Å². The Morgan fingerprint density at radius 3 is 2.50 bits per heavy atom. The van der Waals surface area contributed by atoms with Crippen LogP contribution in [0.3, 0.4) is 0 Å². The zero-order chi connectivity index (χ0) is 21.1. The van der Waals surface area contributed by atoms with Crippen LogP contribution in [0.25, 0.3) is 16.3 Å². The molecule has 0 aliphatic carbocycles. The van der Waals surface area contributed by atoms with Gasteiger partial charge in [-0.15, -0.1) is 11.3 Å². The van der Waals surface area contributed by atoms with Crippen molar-refractivity contribution in [3.8, 4) is 16.3 Å². The lowest BCUT2D eigenvalue weighted by molar-refractivity contribution is -0.114. The van der Waals surface area contributed by atoms with Gasteiger partial charge in [-0.3, -0.25) is 9.59 Å². The van der Waals surface area contributed by atoms with Crippen LogP contribution in [-0.4, -0.2) is 21.6 Å². The van der Waals surface area contributed by atoms with Crippen LogP contribution in [0.2, 0.25) is 5.02 Å². The average Bonchev–Trinajstić information content (AvgIpc) is 3.40. The van der Waals surface area contributed by atoms with Crippen molar-refractivity contribution in [1.82, 2.24) is 9.78 Å². The maximum Gasteiger partial charge on any atom is 0.259 e. The van der Waals surface area contributed by atoms with Gasteiger partial charge in [0.1, 0.15) is 5.69 Å². The Morgan fingerprint density at radius 1 is 1.03 bits per heavy atom. The van der Waals surface area contributed by atoms with E-state index in [4.69, 9.17) is 11.6 Å². The Bertz CT molecular complexity index is 1200. The molecule has 2 N–H and O–H groups in total. The van der Waals surface area contributed by atoms with Gasteiger partial charge in [0.05, 0.1) is 26.8 Å². The first-order valence-corrected chi connectivity index (χ1v) is 10.3. The van der Waals surface area contributed by atoms with E-state index in [1.54, 1.807) is 29.1 Å². The number of para-hydroxylation sites is 1. The van der Waals surface area contributed by atoms with E-state index in [0.29, 0.717) is 27.7 Å². The smallest absolute Gasteiger partial charge is 0.259 e. The predicted octanol–water partition coefficient (Wildman–Crippen LogP) is 5.46. The molecule has 0 atom stereocenters. The van der Waals surface area contributed by atoms with Crippen molar-refractivity contribution in [2.24, 2.45) is 0 Å². The number of hydrogen-bond donors (Lipinski definition) is 2. The zero-order valence-electron chi connectivity index (χ0n) is 15.9. The molecule has 0 unspecified atom stereocenters. The average molecular weight is 437 g/mol. The fraction of sp³-hybridized carbons (Fsp3) is 0.0455. The highest BCUT2D eigenvalue weighted by Gasteiger charge is 2.20. The van der Waals surface area contributed by atoms with Crippen LogP contribution in [-0.2, 0) is 4.79 Å². The number of hydrogen-bond acceptors (Lipinski definition) is 4. The van der Waals surface area contributed by atoms with Crippen molar-refractivity contribution in [1.29, 1.82) is 0 Å². The van der Waals surface area contributed by atoms with Crippen molar-refractivity contribution in [2.75, 3.05) is 10.6 Å². The van der Waals surface area contributed by atoms with Crippen molar-refractivity contribution >= 4 is 46.1 Å². The van der Waals surface area contributed by atoms with Crippen LogP contribution in [0, 0.1) is 0 Å². The molecule has 4 aromatic rings. The first kappa shape index (κ1) is 19.9. The summed E-state index contributed by atoms with van der Waals surface area (Å²) in [5.74, 6) is -0.522. The van der Waals surface area contributed by atoms with E-state index >= 15 is 0 Å². The molecule has 6 nitrogen and oxygen atoms in total. The Balaban J connectivity index is 1.67. The minimum Gasteiger partial charge on any atom is -0.326 e. The van der Waals surface area contributed by atoms with Crippen LogP contribution in [0.1, 0.15) is 17.3 Å². The highest BCUT2D eigenvalue weighted by atomic mass is 35.5. The lowest BCUT2D eigenvalue weighted by Gasteiger charge is -2.09. The molecule has 0 saturated heterocycles. The molecule has 0 saturated carbocycles. The summed E-state index contributed by atoms with van der Waals surface area (Å²) in [7, 11) is 0. The Kier molecular flexibility index (Phi) is 5.65. The van der Waals surface area contributed by atoms with E-state index in [1.807, 2.05) is 47.8 Å². The molecule has 4 rings (SSSR count). The standard InChI is InChI=1S/C22H17ClN4O2S/c1-14(28)24-15-9-10-19(18(23)12-15)25-22(29)17-13-27(16-6-3-2-4-7-16)26-21(17)20-8-5-11-30-20/h2-13H,1H3,(H,24,28)(H,25,29). The second kappa shape index (κ2) is 8.52.